The largest absolute Gasteiger partial charge is 0.378 e. The highest BCUT2D eigenvalue weighted by Gasteiger charge is 2.06. The first-order valence-electron chi connectivity index (χ1n) is 6.40. The van der Waals surface area contributed by atoms with E-state index in [9.17, 15) is 4.79 Å². The van der Waals surface area contributed by atoms with Crippen molar-refractivity contribution in [3.63, 3.8) is 0 Å². The highest BCUT2D eigenvalue weighted by Crippen LogP contribution is 2.08. The van der Waals surface area contributed by atoms with Crippen LogP contribution in [0.5, 0.6) is 0 Å². The van der Waals surface area contributed by atoms with Gasteiger partial charge in [-0.15, -0.1) is 0 Å². The second-order valence-electron chi connectivity index (χ2n) is 4.75. The first-order chi connectivity index (χ1) is 7.95. The van der Waals surface area contributed by atoms with Gasteiger partial charge in [-0.3, -0.25) is 4.79 Å². The molecule has 0 aromatic heterocycles. The van der Waals surface area contributed by atoms with E-state index in [1.165, 1.54) is 5.57 Å². The lowest BCUT2D eigenvalue weighted by Crippen LogP contribution is -2.12. The van der Waals surface area contributed by atoms with Gasteiger partial charge in [0, 0.05) is 13.0 Å². The molecular weight excluding hydrogens is 212 g/mol. The summed E-state index contributed by atoms with van der Waals surface area (Å²) in [6.45, 7) is 10.7. The quantitative estimate of drug-likeness (QED) is 0.471. The summed E-state index contributed by atoms with van der Waals surface area (Å²) in [5.41, 5.74) is 2.48. The van der Waals surface area contributed by atoms with E-state index in [2.05, 4.69) is 19.9 Å². The number of hydrogen-bond donors (Lipinski definition) is 0. The molecule has 0 saturated carbocycles. The van der Waals surface area contributed by atoms with Crippen LogP contribution in [0.15, 0.2) is 23.3 Å². The van der Waals surface area contributed by atoms with Crippen LogP contribution in [-0.4, -0.2) is 18.5 Å². The summed E-state index contributed by atoms with van der Waals surface area (Å²) in [7, 11) is 0. The van der Waals surface area contributed by atoms with E-state index in [4.69, 9.17) is 4.74 Å². The third kappa shape index (κ3) is 10.0. The highest BCUT2D eigenvalue weighted by atomic mass is 16.5. The average molecular weight is 238 g/mol. The number of ketones is 1. The van der Waals surface area contributed by atoms with Crippen LogP contribution in [0.3, 0.4) is 0 Å². The topological polar surface area (TPSA) is 26.3 Å². The minimum atomic E-state index is 0.0225. The SMILES string of the molecule is CCOC(C)CC(=O)/C=C(\C)CCC=C(C)C. The Kier molecular flexibility index (Phi) is 8.69. The number of hydrogen-bond acceptors (Lipinski definition) is 2. The molecule has 0 aliphatic heterocycles. The summed E-state index contributed by atoms with van der Waals surface area (Å²) in [4.78, 5) is 11.7. The lowest BCUT2D eigenvalue weighted by atomic mass is 10.1. The zero-order valence-corrected chi connectivity index (χ0v) is 11.9. The summed E-state index contributed by atoms with van der Waals surface area (Å²) >= 11 is 0. The van der Waals surface area contributed by atoms with Crippen LogP contribution in [0.4, 0.5) is 0 Å². The first-order valence-corrected chi connectivity index (χ1v) is 6.40. The van der Waals surface area contributed by atoms with Crippen LogP contribution in [0.1, 0.15) is 53.9 Å². The van der Waals surface area contributed by atoms with E-state index < -0.39 is 0 Å². The maximum atomic E-state index is 11.7. The number of carbonyl (C=O) groups excluding carboxylic acids is 1. The van der Waals surface area contributed by atoms with Gasteiger partial charge in [0.15, 0.2) is 5.78 Å². The van der Waals surface area contributed by atoms with Crippen LogP contribution in [0, 0.1) is 0 Å². The van der Waals surface area contributed by atoms with Crippen LogP contribution in [-0.2, 0) is 9.53 Å². The molecular formula is C15H26O2. The number of rotatable bonds is 8. The Morgan fingerprint density at radius 2 is 1.94 bits per heavy atom. The van der Waals surface area contributed by atoms with Crippen molar-refractivity contribution in [2.75, 3.05) is 6.61 Å². The van der Waals surface area contributed by atoms with E-state index in [0.717, 1.165) is 18.4 Å². The van der Waals surface area contributed by atoms with Gasteiger partial charge in [0.2, 0.25) is 0 Å². The molecule has 0 radical (unpaired) electrons. The lowest BCUT2D eigenvalue weighted by molar-refractivity contribution is -0.117. The maximum absolute atomic E-state index is 11.7. The Hall–Kier alpha value is -0.890. The molecule has 0 bridgehead atoms. The number of carbonyl (C=O) groups is 1. The average Bonchev–Trinajstić information content (AvgIpc) is 2.16. The molecule has 1 unspecified atom stereocenters. The molecule has 0 aromatic carbocycles. The summed E-state index contributed by atoms with van der Waals surface area (Å²) in [5.74, 6) is 0.167. The van der Waals surface area contributed by atoms with Crippen molar-refractivity contribution in [3.05, 3.63) is 23.3 Å². The van der Waals surface area contributed by atoms with Gasteiger partial charge in [0.25, 0.3) is 0 Å². The first kappa shape index (κ1) is 16.1. The minimum Gasteiger partial charge on any atom is -0.378 e. The van der Waals surface area contributed by atoms with Crippen molar-refractivity contribution >= 4 is 5.78 Å². The van der Waals surface area contributed by atoms with Crippen molar-refractivity contribution in [1.82, 2.24) is 0 Å². The van der Waals surface area contributed by atoms with Crippen molar-refractivity contribution in [3.8, 4) is 0 Å². The molecule has 0 N–H and O–H groups in total. The molecule has 0 aliphatic rings. The lowest BCUT2D eigenvalue weighted by Gasteiger charge is -2.09. The molecule has 0 spiro atoms. The van der Waals surface area contributed by atoms with Crippen molar-refractivity contribution in [2.24, 2.45) is 0 Å². The Labute approximate surface area is 106 Å². The van der Waals surface area contributed by atoms with Crippen molar-refractivity contribution in [2.45, 2.75) is 60.0 Å². The second-order valence-corrected chi connectivity index (χ2v) is 4.75. The predicted octanol–water partition coefficient (Wildman–Crippen LogP) is 4.06. The van der Waals surface area contributed by atoms with Gasteiger partial charge >= 0.3 is 0 Å². The summed E-state index contributed by atoms with van der Waals surface area (Å²) in [6.07, 6.45) is 6.43. The fourth-order valence-electron chi connectivity index (χ4n) is 1.62. The molecule has 0 heterocycles. The third-order valence-electron chi connectivity index (χ3n) is 2.44. The summed E-state index contributed by atoms with van der Waals surface area (Å²) < 4.78 is 5.35. The van der Waals surface area contributed by atoms with E-state index >= 15 is 0 Å². The Morgan fingerprint density at radius 3 is 2.47 bits per heavy atom. The van der Waals surface area contributed by atoms with Gasteiger partial charge in [-0.25, -0.2) is 0 Å². The molecule has 17 heavy (non-hydrogen) atoms. The summed E-state index contributed by atoms with van der Waals surface area (Å²) in [6, 6.07) is 0. The van der Waals surface area contributed by atoms with Crippen LogP contribution in [0.25, 0.3) is 0 Å². The summed E-state index contributed by atoms with van der Waals surface area (Å²) in [5, 5.41) is 0. The van der Waals surface area contributed by atoms with Crippen LogP contribution >= 0.6 is 0 Å². The Bertz CT molecular complexity index is 283. The van der Waals surface area contributed by atoms with E-state index in [0.29, 0.717) is 13.0 Å². The second kappa shape index (κ2) is 9.17. The monoisotopic (exact) mass is 238 g/mol. The molecule has 0 fully saturated rings. The Morgan fingerprint density at radius 1 is 1.29 bits per heavy atom. The molecule has 0 amide bonds. The zero-order chi connectivity index (χ0) is 13.3. The smallest absolute Gasteiger partial charge is 0.158 e. The fraction of sp³-hybridized carbons (Fsp3) is 0.667. The van der Waals surface area contributed by atoms with Gasteiger partial charge in [-0.05, 0) is 53.5 Å². The number of ether oxygens (including phenoxy) is 1. The molecule has 0 aromatic rings. The predicted molar refractivity (Wildman–Crippen MR) is 73.1 cm³/mol. The van der Waals surface area contributed by atoms with Gasteiger partial charge in [-0.2, -0.15) is 0 Å². The molecule has 0 rings (SSSR count). The Balaban J connectivity index is 4.02. The van der Waals surface area contributed by atoms with Crippen molar-refractivity contribution < 1.29 is 9.53 Å². The fourth-order valence-corrected chi connectivity index (χ4v) is 1.62. The van der Waals surface area contributed by atoms with Crippen LogP contribution in [0.2, 0.25) is 0 Å². The van der Waals surface area contributed by atoms with Gasteiger partial charge in [0.1, 0.15) is 0 Å². The van der Waals surface area contributed by atoms with Crippen molar-refractivity contribution in [1.29, 1.82) is 0 Å². The minimum absolute atomic E-state index is 0.0225. The zero-order valence-electron chi connectivity index (χ0n) is 11.9. The molecule has 2 nitrogen and oxygen atoms in total. The standard InChI is InChI=1S/C15H26O2/c1-6-17-14(5)11-15(16)10-13(4)9-7-8-12(2)3/h8,10,14H,6-7,9,11H2,1-5H3/b13-10+. The van der Waals surface area contributed by atoms with Gasteiger partial charge in [0.05, 0.1) is 6.10 Å². The number of allylic oxidation sites excluding steroid dienone is 4. The molecule has 1 atom stereocenters. The molecule has 98 valence electrons. The highest BCUT2D eigenvalue weighted by molar-refractivity contribution is 5.90. The van der Waals surface area contributed by atoms with E-state index in [1.54, 1.807) is 6.08 Å². The maximum Gasteiger partial charge on any atom is 0.158 e. The van der Waals surface area contributed by atoms with Gasteiger partial charge in [-0.1, -0.05) is 17.2 Å². The van der Waals surface area contributed by atoms with E-state index in [1.807, 2.05) is 20.8 Å². The van der Waals surface area contributed by atoms with E-state index in [-0.39, 0.29) is 11.9 Å². The van der Waals surface area contributed by atoms with Gasteiger partial charge < -0.3 is 4.74 Å². The molecule has 2 heteroatoms. The molecule has 0 aliphatic carbocycles. The third-order valence-corrected chi connectivity index (χ3v) is 2.44. The molecule has 0 saturated heterocycles. The normalized spacial score (nSPS) is 13.4. The van der Waals surface area contributed by atoms with Crippen LogP contribution < -0.4 is 0 Å².